The Labute approximate surface area is 205 Å². The lowest BCUT2D eigenvalue weighted by Gasteiger charge is -2.13. The van der Waals surface area contributed by atoms with Crippen molar-refractivity contribution in [2.24, 2.45) is 0 Å². The molecule has 2 N–H and O–H groups in total. The molecular formula is C25H16F4N4O2S. The molecule has 6 nitrogen and oxygen atoms in total. The molecule has 0 unspecified atom stereocenters. The molecule has 0 saturated carbocycles. The van der Waals surface area contributed by atoms with E-state index in [0.717, 1.165) is 23.9 Å². The third-order valence-electron chi connectivity index (χ3n) is 5.39. The van der Waals surface area contributed by atoms with Crippen molar-refractivity contribution in [1.29, 1.82) is 0 Å². The second-order valence-corrected chi connectivity index (χ2v) is 8.76. The number of alkyl halides is 3. The van der Waals surface area contributed by atoms with Crippen molar-refractivity contribution in [2.75, 3.05) is 11.1 Å². The molecule has 0 saturated heterocycles. The Morgan fingerprint density at radius 2 is 1.78 bits per heavy atom. The van der Waals surface area contributed by atoms with Crippen LogP contribution in [0.15, 0.2) is 82.7 Å². The standard InChI is InChI=1S/C25H16F4N4O2S/c26-15-8-10-17(11-9-15)33-23(35)22-21(18-6-1-2-7-19(18)31-22)32-24(33)36-13-20(34)30-16-5-3-4-14(12-16)25(27,28)29/h1-12,31H,13H2,(H,30,34). The normalized spacial score (nSPS) is 11.8. The van der Waals surface area contributed by atoms with Crippen LogP contribution in [0.5, 0.6) is 0 Å². The number of H-pyrrole nitrogens is 1. The van der Waals surface area contributed by atoms with Gasteiger partial charge in [0.25, 0.3) is 5.56 Å². The largest absolute Gasteiger partial charge is 0.416 e. The van der Waals surface area contributed by atoms with E-state index < -0.39 is 29.0 Å². The molecule has 182 valence electrons. The molecule has 5 rings (SSSR count). The number of aromatic amines is 1. The van der Waals surface area contributed by atoms with E-state index in [9.17, 15) is 27.2 Å². The molecule has 0 aliphatic rings. The summed E-state index contributed by atoms with van der Waals surface area (Å²) in [6.45, 7) is 0. The van der Waals surface area contributed by atoms with E-state index in [-0.39, 0.29) is 22.1 Å². The van der Waals surface area contributed by atoms with Crippen LogP contribution in [0.4, 0.5) is 23.2 Å². The molecule has 11 heteroatoms. The first-order valence-electron chi connectivity index (χ1n) is 10.6. The van der Waals surface area contributed by atoms with Crippen LogP contribution in [0, 0.1) is 5.82 Å². The number of carbonyl (C=O) groups excluding carboxylic acids is 1. The number of para-hydroxylation sites is 1. The quantitative estimate of drug-likeness (QED) is 0.178. The molecule has 0 bridgehead atoms. The summed E-state index contributed by atoms with van der Waals surface area (Å²) >= 11 is 0.934. The van der Waals surface area contributed by atoms with Crippen LogP contribution < -0.4 is 10.9 Å². The van der Waals surface area contributed by atoms with Gasteiger partial charge in [0.15, 0.2) is 5.16 Å². The smallest absolute Gasteiger partial charge is 0.349 e. The molecule has 0 fully saturated rings. The number of amides is 1. The van der Waals surface area contributed by atoms with E-state index in [1.165, 1.54) is 41.0 Å². The minimum absolute atomic E-state index is 0.00797. The second kappa shape index (κ2) is 9.15. The van der Waals surface area contributed by atoms with E-state index in [2.05, 4.69) is 15.3 Å². The fourth-order valence-corrected chi connectivity index (χ4v) is 4.56. The number of halogens is 4. The van der Waals surface area contributed by atoms with Gasteiger partial charge in [-0.2, -0.15) is 13.2 Å². The number of hydrogen-bond acceptors (Lipinski definition) is 4. The highest BCUT2D eigenvalue weighted by atomic mass is 32.2. The average Bonchev–Trinajstić information content (AvgIpc) is 3.22. The minimum Gasteiger partial charge on any atom is -0.349 e. The zero-order valence-electron chi connectivity index (χ0n) is 18.3. The molecule has 3 aromatic carbocycles. The highest BCUT2D eigenvalue weighted by molar-refractivity contribution is 7.99. The first-order chi connectivity index (χ1) is 17.2. The maximum atomic E-state index is 13.5. The maximum absolute atomic E-state index is 13.5. The molecule has 5 aromatic rings. The van der Waals surface area contributed by atoms with Gasteiger partial charge in [0.1, 0.15) is 16.9 Å². The monoisotopic (exact) mass is 512 g/mol. The molecular weight excluding hydrogens is 496 g/mol. The predicted molar refractivity (Wildman–Crippen MR) is 130 cm³/mol. The summed E-state index contributed by atoms with van der Waals surface area (Å²) in [6.07, 6.45) is -4.54. The Bertz CT molecular complexity index is 1660. The molecule has 36 heavy (non-hydrogen) atoms. The van der Waals surface area contributed by atoms with Crippen molar-refractivity contribution in [2.45, 2.75) is 11.3 Å². The Morgan fingerprint density at radius 3 is 2.53 bits per heavy atom. The first kappa shape index (κ1) is 23.6. The van der Waals surface area contributed by atoms with Gasteiger partial charge in [-0.3, -0.25) is 14.2 Å². The third kappa shape index (κ3) is 4.57. The Kier molecular flexibility index (Phi) is 6.00. The van der Waals surface area contributed by atoms with Crippen molar-refractivity contribution >= 4 is 45.3 Å². The zero-order chi connectivity index (χ0) is 25.4. The van der Waals surface area contributed by atoms with Crippen molar-refractivity contribution in [3.05, 3.63) is 94.5 Å². The maximum Gasteiger partial charge on any atom is 0.416 e. The highest BCUT2D eigenvalue weighted by Gasteiger charge is 2.30. The van der Waals surface area contributed by atoms with Gasteiger partial charge in [-0.05, 0) is 48.5 Å². The summed E-state index contributed by atoms with van der Waals surface area (Å²) in [5, 5.41) is 3.32. The molecule has 1 amide bonds. The minimum atomic E-state index is -4.54. The lowest BCUT2D eigenvalue weighted by molar-refractivity contribution is -0.137. The van der Waals surface area contributed by atoms with Gasteiger partial charge in [-0.25, -0.2) is 9.37 Å². The number of carbonyl (C=O) groups is 1. The third-order valence-corrected chi connectivity index (χ3v) is 6.32. The summed E-state index contributed by atoms with van der Waals surface area (Å²) in [5.41, 5.74) is 0.370. The fraction of sp³-hybridized carbons (Fsp3) is 0.0800. The van der Waals surface area contributed by atoms with E-state index in [1.807, 2.05) is 6.07 Å². The lowest BCUT2D eigenvalue weighted by Crippen LogP contribution is -2.23. The number of rotatable bonds is 5. The van der Waals surface area contributed by atoms with Crippen molar-refractivity contribution in [3.63, 3.8) is 0 Å². The number of aromatic nitrogens is 3. The first-order valence-corrected chi connectivity index (χ1v) is 11.6. The van der Waals surface area contributed by atoms with Gasteiger partial charge in [-0.15, -0.1) is 0 Å². The zero-order valence-corrected chi connectivity index (χ0v) is 19.1. The lowest BCUT2D eigenvalue weighted by atomic mass is 10.2. The summed E-state index contributed by atoms with van der Waals surface area (Å²) in [7, 11) is 0. The average molecular weight is 512 g/mol. The van der Waals surface area contributed by atoms with Crippen molar-refractivity contribution < 1.29 is 22.4 Å². The van der Waals surface area contributed by atoms with Crippen LogP contribution in [0.25, 0.3) is 27.6 Å². The SMILES string of the molecule is O=C(CSc1nc2c([nH]c3ccccc32)c(=O)n1-c1ccc(F)cc1)Nc1cccc(C(F)(F)F)c1. The molecule has 2 aromatic heterocycles. The van der Waals surface area contributed by atoms with Crippen LogP contribution >= 0.6 is 11.8 Å². The van der Waals surface area contributed by atoms with E-state index in [4.69, 9.17) is 0 Å². The van der Waals surface area contributed by atoms with Gasteiger partial charge >= 0.3 is 6.18 Å². The summed E-state index contributed by atoms with van der Waals surface area (Å²) in [5.74, 6) is -1.31. The van der Waals surface area contributed by atoms with Gasteiger partial charge in [0.05, 0.1) is 17.0 Å². The summed E-state index contributed by atoms with van der Waals surface area (Å²) in [6, 6.07) is 16.7. The van der Waals surface area contributed by atoms with Crippen LogP contribution in [0.3, 0.4) is 0 Å². The van der Waals surface area contributed by atoms with E-state index in [0.29, 0.717) is 22.1 Å². The van der Waals surface area contributed by atoms with E-state index in [1.54, 1.807) is 18.2 Å². The van der Waals surface area contributed by atoms with Crippen molar-refractivity contribution in [1.82, 2.24) is 14.5 Å². The molecule has 0 aliphatic heterocycles. The predicted octanol–water partition coefficient (Wildman–Crippen LogP) is 5.76. The van der Waals surface area contributed by atoms with Crippen LogP contribution in [0.1, 0.15) is 5.56 Å². The fourth-order valence-electron chi connectivity index (χ4n) is 3.76. The van der Waals surface area contributed by atoms with Gasteiger partial charge in [0, 0.05) is 16.6 Å². The summed E-state index contributed by atoms with van der Waals surface area (Å²) < 4.78 is 53.7. The Balaban J connectivity index is 1.50. The van der Waals surface area contributed by atoms with Crippen LogP contribution in [-0.4, -0.2) is 26.2 Å². The Morgan fingerprint density at radius 1 is 1.03 bits per heavy atom. The molecule has 0 atom stereocenters. The van der Waals surface area contributed by atoms with Crippen LogP contribution in [-0.2, 0) is 11.0 Å². The molecule has 0 radical (unpaired) electrons. The number of nitrogens with zero attached hydrogens (tertiary/aromatic N) is 2. The van der Waals surface area contributed by atoms with Gasteiger partial charge in [0.2, 0.25) is 5.91 Å². The number of benzene rings is 3. The second-order valence-electron chi connectivity index (χ2n) is 7.82. The Hall–Kier alpha value is -4.12. The van der Waals surface area contributed by atoms with Crippen molar-refractivity contribution in [3.8, 4) is 5.69 Å². The topological polar surface area (TPSA) is 79.8 Å². The number of nitrogens with one attached hydrogen (secondary N) is 2. The molecule has 2 heterocycles. The molecule has 0 spiro atoms. The number of hydrogen-bond donors (Lipinski definition) is 2. The number of fused-ring (bicyclic) bond motifs is 3. The van der Waals surface area contributed by atoms with Crippen LogP contribution in [0.2, 0.25) is 0 Å². The highest BCUT2D eigenvalue weighted by Crippen LogP contribution is 2.31. The summed E-state index contributed by atoms with van der Waals surface area (Å²) in [4.78, 5) is 33.7. The number of thioether (sulfide) groups is 1. The number of anilines is 1. The van der Waals surface area contributed by atoms with Gasteiger partial charge < -0.3 is 10.3 Å². The van der Waals surface area contributed by atoms with Gasteiger partial charge in [-0.1, -0.05) is 36.0 Å². The van der Waals surface area contributed by atoms with E-state index >= 15 is 0 Å². The molecule has 0 aliphatic carbocycles.